The van der Waals surface area contributed by atoms with Gasteiger partial charge in [-0.2, -0.15) is 0 Å². The third-order valence-electron chi connectivity index (χ3n) is 12.4. The lowest BCUT2D eigenvalue weighted by Gasteiger charge is -2.34. The van der Waals surface area contributed by atoms with Crippen LogP contribution >= 0.6 is 23.5 Å². The second-order valence-corrected chi connectivity index (χ2v) is 17.9. The van der Waals surface area contributed by atoms with Crippen LogP contribution in [0.1, 0.15) is 47.2 Å². The predicted octanol–water partition coefficient (Wildman–Crippen LogP) is 17.2. The lowest BCUT2D eigenvalue weighted by Crippen LogP contribution is -2.23. The Morgan fingerprint density at radius 1 is 0.429 bits per heavy atom. The van der Waals surface area contributed by atoms with Crippen molar-refractivity contribution >= 4 is 75.4 Å². The maximum Gasteiger partial charge on any atom is 0.0660 e. The van der Waals surface area contributed by atoms with E-state index in [9.17, 15) is 0 Å². The van der Waals surface area contributed by atoms with Gasteiger partial charge in [0, 0.05) is 31.0 Å². The summed E-state index contributed by atoms with van der Waals surface area (Å²) in [5.41, 5.74) is 17.9. The van der Waals surface area contributed by atoms with Gasteiger partial charge in [0.25, 0.3) is 0 Å². The molecule has 4 heteroatoms. The third kappa shape index (κ3) is 6.35. The first-order valence-electron chi connectivity index (χ1n) is 21.7. The Bertz CT molecular complexity index is 3100. The smallest absolute Gasteiger partial charge is 0.0660 e. The average molecular weight is 845 g/mol. The predicted molar refractivity (Wildman–Crippen MR) is 270 cm³/mol. The van der Waals surface area contributed by atoms with Crippen molar-refractivity contribution in [2.75, 3.05) is 9.80 Å². The van der Waals surface area contributed by atoms with Crippen LogP contribution < -0.4 is 9.80 Å². The molecule has 1 unspecified atom stereocenters. The summed E-state index contributed by atoms with van der Waals surface area (Å²) in [6.45, 7) is 8.01. The van der Waals surface area contributed by atoms with Gasteiger partial charge in [-0.3, -0.25) is 0 Å². The Labute approximate surface area is 379 Å². The van der Waals surface area contributed by atoms with Gasteiger partial charge in [-0.1, -0.05) is 184 Å². The second kappa shape index (κ2) is 16.0. The minimum Gasteiger partial charge on any atom is -0.308 e. The quantitative estimate of drug-likeness (QED) is 0.121. The standard InChI is InChI=1S/C57H38N2S2.C2H6/c1-2-3-14-40-37-57(46-16-5-4-15-43(40)46)47-35-39(26-25-38-27-30-41(31-28-38)58-49-17-6-10-21-53(49)60-54-22-11-7-18-50(54)58)29-33-44(47)45-34-32-42(36-48(45)57)59-51-19-8-12-23-55(51)61-56-24-13-9-20-52(56)59;1-2/h2-37H,1H2;1-2H3/b14-3-,26-25+;. The Kier molecular flexibility index (Phi) is 9.91. The van der Waals surface area contributed by atoms with Crippen molar-refractivity contribution in [2.45, 2.75) is 38.8 Å². The summed E-state index contributed by atoms with van der Waals surface area (Å²) in [6, 6.07) is 66.9. The normalized spacial score (nSPS) is 16.0. The van der Waals surface area contributed by atoms with E-state index in [0.29, 0.717) is 0 Å². The summed E-state index contributed by atoms with van der Waals surface area (Å²) in [5, 5.41) is 0. The molecule has 2 nitrogen and oxygen atoms in total. The maximum absolute atomic E-state index is 4.01. The van der Waals surface area contributed by atoms with Gasteiger partial charge in [0.15, 0.2) is 0 Å². The van der Waals surface area contributed by atoms with Crippen LogP contribution in [0.25, 0.3) is 28.9 Å². The highest BCUT2D eigenvalue weighted by Crippen LogP contribution is 2.60. The van der Waals surface area contributed by atoms with E-state index in [1.807, 2.05) is 43.4 Å². The molecule has 302 valence electrons. The molecule has 0 fully saturated rings. The summed E-state index contributed by atoms with van der Waals surface area (Å²) in [4.78, 5) is 9.88. The van der Waals surface area contributed by atoms with Crippen LogP contribution in [0, 0.1) is 0 Å². The van der Waals surface area contributed by atoms with Crippen LogP contribution in [0.4, 0.5) is 34.1 Å². The molecule has 8 aromatic carbocycles. The summed E-state index contributed by atoms with van der Waals surface area (Å²) < 4.78 is 0. The van der Waals surface area contributed by atoms with Gasteiger partial charge >= 0.3 is 0 Å². The number of hydrogen-bond donors (Lipinski definition) is 0. The van der Waals surface area contributed by atoms with Gasteiger partial charge in [0.1, 0.15) is 0 Å². The van der Waals surface area contributed by atoms with Crippen LogP contribution in [-0.4, -0.2) is 0 Å². The fraction of sp³-hybridized carbons (Fsp3) is 0.0508. The Balaban J connectivity index is 0.00000219. The summed E-state index contributed by atoms with van der Waals surface area (Å²) in [5.74, 6) is 0. The first-order chi connectivity index (χ1) is 31.2. The van der Waals surface area contributed by atoms with E-state index >= 15 is 0 Å². The van der Waals surface area contributed by atoms with Crippen molar-refractivity contribution < 1.29 is 0 Å². The SMILES string of the molecule is C=C/C=C\C1=CC2(c3ccccc31)c1cc(/C=C/c3ccc(N4c5ccccc5Sc5ccccc54)cc3)ccc1-c1ccc(N3c4ccccc4Sc4ccccc43)cc12.CC. The molecular weight excluding hydrogens is 801 g/mol. The number of rotatable bonds is 6. The number of allylic oxidation sites excluding steroid dienone is 5. The van der Waals surface area contributed by atoms with Crippen molar-refractivity contribution in [3.05, 3.63) is 246 Å². The largest absolute Gasteiger partial charge is 0.308 e. The van der Waals surface area contributed by atoms with Gasteiger partial charge in [-0.15, -0.1) is 0 Å². The highest BCUT2D eigenvalue weighted by molar-refractivity contribution is 8.00. The van der Waals surface area contributed by atoms with Gasteiger partial charge < -0.3 is 9.80 Å². The molecule has 2 aliphatic carbocycles. The number of benzene rings is 8. The first-order valence-corrected chi connectivity index (χ1v) is 23.3. The third-order valence-corrected chi connectivity index (χ3v) is 14.6. The molecule has 0 N–H and O–H groups in total. The molecule has 1 spiro atoms. The Hall–Kier alpha value is -6.98. The van der Waals surface area contributed by atoms with E-state index in [2.05, 4.69) is 229 Å². The van der Waals surface area contributed by atoms with Crippen molar-refractivity contribution in [1.29, 1.82) is 0 Å². The van der Waals surface area contributed by atoms with E-state index in [1.54, 1.807) is 0 Å². The minimum atomic E-state index is -0.480. The number of hydrogen-bond acceptors (Lipinski definition) is 4. The molecule has 0 amide bonds. The Morgan fingerprint density at radius 2 is 0.889 bits per heavy atom. The number of anilines is 6. The summed E-state index contributed by atoms with van der Waals surface area (Å²) >= 11 is 3.68. The average Bonchev–Trinajstić information content (AvgIpc) is 3.82. The molecule has 1 atom stereocenters. The Morgan fingerprint density at radius 3 is 1.48 bits per heavy atom. The van der Waals surface area contributed by atoms with Gasteiger partial charge in [0.2, 0.25) is 0 Å². The van der Waals surface area contributed by atoms with E-state index in [-0.39, 0.29) is 0 Å². The van der Waals surface area contributed by atoms with Crippen molar-refractivity contribution in [3.8, 4) is 11.1 Å². The monoisotopic (exact) mass is 844 g/mol. The second-order valence-electron chi connectivity index (χ2n) is 15.8. The van der Waals surface area contributed by atoms with Crippen LogP contribution in [-0.2, 0) is 5.41 Å². The zero-order valence-electron chi connectivity index (χ0n) is 35.2. The molecule has 4 aliphatic rings. The summed E-state index contributed by atoms with van der Waals surface area (Å²) in [6.07, 6.45) is 13.1. The van der Waals surface area contributed by atoms with Crippen molar-refractivity contribution in [3.63, 3.8) is 0 Å². The first kappa shape index (κ1) is 38.9. The van der Waals surface area contributed by atoms with E-state index < -0.39 is 5.41 Å². The molecule has 0 aromatic heterocycles. The maximum atomic E-state index is 4.01. The number of nitrogens with zero attached hydrogens (tertiary/aromatic N) is 2. The molecule has 63 heavy (non-hydrogen) atoms. The summed E-state index contributed by atoms with van der Waals surface area (Å²) in [7, 11) is 0. The van der Waals surface area contributed by atoms with Crippen LogP contribution in [0.5, 0.6) is 0 Å². The molecule has 0 radical (unpaired) electrons. The van der Waals surface area contributed by atoms with Gasteiger partial charge in [0.05, 0.1) is 28.2 Å². The highest BCUT2D eigenvalue weighted by Gasteiger charge is 2.48. The lowest BCUT2D eigenvalue weighted by molar-refractivity contribution is 0.820. The molecule has 12 rings (SSSR count). The molecule has 0 bridgehead atoms. The van der Waals surface area contributed by atoms with Gasteiger partial charge in [-0.25, -0.2) is 0 Å². The molecule has 8 aromatic rings. The number of para-hydroxylation sites is 4. The van der Waals surface area contributed by atoms with Crippen LogP contribution in [0.2, 0.25) is 0 Å². The zero-order valence-corrected chi connectivity index (χ0v) is 36.8. The van der Waals surface area contributed by atoms with E-state index in [4.69, 9.17) is 0 Å². The minimum absolute atomic E-state index is 0.480. The fourth-order valence-corrected chi connectivity index (χ4v) is 11.8. The lowest BCUT2D eigenvalue weighted by atomic mass is 9.74. The molecular formula is C59H44N2S2. The van der Waals surface area contributed by atoms with Crippen molar-refractivity contribution in [1.82, 2.24) is 0 Å². The van der Waals surface area contributed by atoms with Gasteiger partial charge in [-0.05, 0) is 129 Å². The molecule has 0 saturated carbocycles. The van der Waals surface area contributed by atoms with E-state index in [0.717, 1.165) is 16.9 Å². The molecule has 2 aliphatic heterocycles. The van der Waals surface area contributed by atoms with Crippen molar-refractivity contribution in [2.24, 2.45) is 0 Å². The molecule has 0 saturated heterocycles. The van der Waals surface area contributed by atoms with Crippen LogP contribution in [0.3, 0.4) is 0 Å². The van der Waals surface area contributed by atoms with E-state index in [1.165, 1.54) is 86.8 Å². The zero-order chi connectivity index (χ0) is 42.5. The topological polar surface area (TPSA) is 6.48 Å². The highest BCUT2D eigenvalue weighted by atomic mass is 32.2. The molecule has 2 heterocycles. The van der Waals surface area contributed by atoms with Crippen LogP contribution in [0.15, 0.2) is 232 Å². The number of fused-ring (bicyclic) bond motifs is 11. The fourth-order valence-electron chi connectivity index (χ4n) is 9.72.